The third kappa shape index (κ3) is 3.83. The topological polar surface area (TPSA) is 0 Å². The Labute approximate surface area is 95.9 Å². The zero-order valence-corrected chi connectivity index (χ0v) is 10.7. The van der Waals surface area contributed by atoms with Gasteiger partial charge >= 0.3 is 0 Å². The molecule has 0 aliphatic carbocycles. The van der Waals surface area contributed by atoms with E-state index in [1.165, 1.54) is 30.4 Å². The minimum Gasteiger partial charge on any atom is -0.0887 e. The van der Waals surface area contributed by atoms with E-state index in [0.29, 0.717) is 4.83 Å². The summed E-state index contributed by atoms with van der Waals surface area (Å²) in [5.41, 5.74) is 2.90. The van der Waals surface area contributed by atoms with Gasteiger partial charge in [0.25, 0.3) is 0 Å². The van der Waals surface area contributed by atoms with Crippen LogP contribution in [-0.2, 0) is 12.8 Å². The fourth-order valence-corrected chi connectivity index (χ4v) is 1.90. The number of benzene rings is 1. The van der Waals surface area contributed by atoms with Gasteiger partial charge < -0.3 is 0 Å². The highest BCUT2D eigenvalue weighted by Crippen LogP contribution is 2.14. The highest BCUT2D eigenvalue weighted by atomic mass is 79.9. The summed E-state index contributed by atoms with van der Waals surface area (Å²) in [6.45, 7) is 4.43. The second-order valence-electron chi connectivity index (χ2n) is 3.78. The van der Waals surface area contributed by atoms with Crippen LogP contribution in [0.15, 0.2) is 24.3 Å². The molecule has 0 saturated heterocycles. The van der Waals surface area contributed by atoms with Crippen molar-refractivity contribution >= 4 is 15.9 Å². The van der Waals surface area contributed by atoms with E-state index in [4.69, 9.17) is 0 Å². The van der Waals surface area contributed by atoms with E-state index in [0.717, 1.165) is 6.42 Å². The first-order valence-corrected chi connectivity index (χ1v) is 6.39. The number of aryl methyl sites for hydroxylation is 1. The third-order valence-corrected chi connectivity index (χ3v) is 3.43. The van der Waals surface area contributed by atoms with Crippen molar-refractivity contribution in [3.05, 3.63) is 35.4 Å². The van der Waals surface area contributed by atoms with E-state index in [-0.39, 0.29) is 0 Å². The number of hydrogen-bond donors (Lipinski definition) is 0. The van der Waals surface area contributed by atoms with Gasteiger partial charge in [0.15, 0.2) is 0 Å². The Bertz CT molecular complexity index is 250. The number of hydrogen-bond acceptors (Lipinski definition) is 0. The average molecular weight is 255 g/mol. The van der Waals surface area contributed by atoms with E-state index >= 15 is 0 Å². The van der Waals surface area contributed by atoms with Gasteiger partial charge in [0.2, 0.25) is 0 Å². The molecule has 0 amide bonds. The quantitative estimate of drug-likeness (QED) is 0.686. The van der Waals surface area contributed by atoms with E-state index in [1.807, 2.05) is 0 Å². The van der Waals surface area contributed by atoms with Crippen LogP contribution in [0, 0.1) is 0 Å². The van der Waals surface area contributed by atoms with Gasteiger partial charge in [0, 0.05) is 4.83 Å². The maximum absolute atomic E-state index is 3.66. The van der Waals surface area contributed by atoms with Gasteiger partial charge in [-0.3, -0.25) is 0 Å². The van der Waals surface area contributed by atoms with Gasteiger partial charge in [-0.2, -0.15) is 0 Å². The first-order chi connectivity index (χ1) is 6.76. The molecule has 1 aromatic rings. The summed E-state index contributed by atoms with van der Waals surface area (Å²) < 4.78 is 0. The molecule has 1 rings (SSSR count). The largest absolute Gasteiger partial charge is 0.0887 e. The predicted octanol–water partition coefficient (Wildman–Crippen LogP) is 4.36. The summed E-state index contributed by atoms with van der Waals surface area (Å²) in [4.78, 5) is 0.625. The number of alkyl halides is 1. The van der Waals surface area contributed by atoms with Gasteiger partial charge in [0.1, 0.15) is 0 Å². The van der Waals surface area contributed by atoms with Crippen LogP contribution in [0.4, 0.5) is 0 Å². The molecule has 0 N–H and O–H groups in total. The molecule has 1 atom stereocenters. The lowest BCUT2D eigenvalue weighted by Gasteiger charge is -2.07. The maximum atomic E-state index is 3.66. The Balaban J connectivity index is 2.54. The molecular weight excluding hydrogens is 236 g/mol. The monoisotopic (exact) mass is 254 g/mol. The Hall–Kier alpha value is -0.300. The SMILES string of the molecule is CCCc1ccc(CC(Br)CC)cc1. The fraction of sp³-hybridized carbons (Fsp3) is 0.538. The van der Waals surface area contributed by atoms with Gasteiger partial charge in [-0.05, 0) is 30.4 Å². The van der Waals surface area contributed by atoms with Crippen molar-refractivity contribution in [1.82, 2.24) is 0 Å². The van der Waals surface area contributed by atoms with Crippen molar-refractivity contribution < 1.29 is 0 Å². The Morgan fingerprint density at radius 3 is 2.14 bits per heavy atom. The van der Waals surface area contributed by atoms with Crippen molar-refractivity contribution in [2.45, 2.75) is 44.4 Å². The van der Waals surface area contributed by atoms with Crippen molar-refractivity contribution in [2.24, 2.45) is 0 Å². The summed E-state index contributed by atoms with van der Waals surface area (Å²) in [5.74, 6) is 0. The molecule has 1 heteroatoms. The van der Waals surface area contributed by atoms with Gasteiger partial charge in [-0.1, -0.05) is 60.5 Å². The molecule has 0 aliphatic heterocycles. The van der Waals surface area contributed by atoms with Crippen LogP contribution in [0.25, 0.3) is 0 Å². The van der Waals surface area contributed by atoms with Crippen molar-refractivity contribution in [3.63, 3.8) is 0 Å². The Kier molecular flexibility index (Phi) is 5.24. The minimum atomic E-state index is 0.625. The number of rotatable bonds is 5. The lowest BCUT2D eigenvalue weighted by atomic mass is 10.0. The van der Waals surface area contributed by atoms with Crippen molar-refractivity contribution in [1.29, 1.82) is 0 Å². The first-order valence-electron chi connectivity index (χ1n) is 5.48. The Morgan fingerprint density at radius 2 is 1.64 bits per heavy atom. The lowest BCUT2D eigenvalue weighted by Crippen LogP contribution is -2.00. The molecule has 0 radical (unpaired) electrons. The molecule has 0 spiro atoms. The zero-order valence-electron chi connectivity index (χ0n) is 9.09. The lowest BCUT2D eigenvalue weighted by molar-refractivity contribution is 0.828. The maximum Gasteiger partial charge on any atom is 0.0183 e. The summed E-state index contributed by atoms with van der Waals surface area (Å²) in [6, 6.07) is 9.03. The molecule has 0 bridgehead atoms. The van der Waals surface area contributed by atoms with Gasteiger partial charge in [0.05, 0.1) is 0 Å². The molecule has 0 aromatic heterocycles. The normalized spacial score (nSPS) is 12.8. The van der Waals surface area contributed by atoms with Crippen molar-refractivity contribution in [2.75, 3.05) is 0 Å². The molecule has 0 saturated carbocycles. The molecule has 0 heterocycles. The molecular formula is C13H19Br. The minimum absolute atomic E-state index is 0.625. The predicted molar refractivity (Wildman–Crippen MR) is 67.1 cm³/mol. The standard InChI is InChI=1S/C13H19Br/c1-3-5-11-6-8-12(9-7-11)10-13(14)4-2/h6-9,13H,3-5,10H2,1-2H3. The summed E-state index contributed by atoms with van der Waals surface area (Å²) >= 11 is 3.66. The van der Waals surface area contributed by atoms with Crippen LogP contribution in [0.5, 0.6) is 0 Å². The third-order valence-electron chi connectivity index (χ3n) is 2.46. The molecule has 78 valence electrons. The van der Waals surface area contributed by atoms with Crippen LogP contribution in [0.2, 0.25) is 0 Å². The fourth-order valence-electron chi connectivity index (χ4n) is 1.53. The molecule has 1 unspecified atom stereocenters. The van der Waals surface area contributed by atoms with E-state index in [2.05, 4.69) is 54.0 Å². The van der Waals surface area contributed by atoms with Crippen LogP contribution < -0.4 is 0 Å². The second-order valence-corrected chi connectivity index (χ2v) is 5.07. The van der Waals surface area contributed by atoms with E-state index in [1.54, 1.807) is 0 Å². The zero-order chi connectivity index (χ0) is 10.4. The highest BCUT2D eigenvalue weighted by Gasteiger charge is 2.02. The average Bonchev–Trinajstić information content (AvgIpc) is 2.21. The smallest absolute Gasteiger partial charge is 0.0183 e. The Morgan fingerprint density at radius 1 is 1.07 bits per heavy atom. The molecule has 0 aliphatic rings. The summed E-state index contributed by atoms with van der Waals surface area (Å²) in [7, 11) is 0. The van der Waals surface area contributed by atoms with Gasteiger partial charge in [-0.25, -0.2) is 0 Å². The van der Waals surface area contributed by atoms with Crippen LogP contribution in [0.1, 0.15) is 37.8 Å². The molecule has 1 aromatic carbocycles. The van der Waals surface area contributed by atoms with Crippen LogP contribution >= 0.6 is 15.9 Å². The number of halogens is 1. The van der Waals surface area contributed by atoms with E-state index < -0.39 is 0 Å². The molecule has 0 fully saturated rings. The van der Waals surface area contributed by atoms with Gasteiger partial charge in [-0.15, -0.1) is 0 Å². The first kappa shape index (κ1) is 11.8. The summed E-state index contributed by atoms with van der Waals surface area (Å²) in [6.07, 6.45) is 4.76. The summed E-state index contributed by atoms with van der Waals surface area (Å²) in [5, 5.41) is 0. The van der Waals surface area contributed by atoms with Crippen molar-refractivity contribution in [3.8, 4) is 0 Å². The molecule has 0 nitrogen and oxygen atoms in total. The van der Waals surface area contributed by atoms with E-state index in [9.17, 15) is 0 Å². The van der Waals surface area contributed by atoms with Crippen LogP contribution in [0.3, 0.4) is 0 Å². The molecule has 14 heavy (non-hydrogen) atoms. The van der Waals surface area contributed by atoms with Crippen LogP contribution in [-0.4, -0.2) is 4.83 Å². The highest BCUT2D eigenvalue weighted by molar-refractivity contribution is 9.09. The second kappa shape index (κ2) is 6.23.